The van der Waals surface area contributed by atoms with Crippen molar-refractivity contribution in [2.75, 3.05) is 13.1 Å². The molecule has 1 amide bonds. The number of halogens is 3. The minimum atomic E-state index is -4.78. The molecule has 1 N–H and O–H groups in total. The van der Waals surface area contributed by atoms with Gasteiger partial charge in [0.1, 0.15) is 0 Å². The number of carbonyl (C=O) groups excluding carboxylic acids is 1. The summed E-state index contributed by atoms with van der Waals surface area (Å²) in [7, 11) is 0. The first-order chi connectivity index (χ1) is 17.6. The molecule has 0 aromatic heterocycles. The summed E-state index contributed by atoms with van der Waals surface area (Å²) in [4.78, 5) is 18.1. The van der Waals surface area contributed by atoms with E-state index in [1.165, 1.54) is 55.5 Å². The molecular formula is C30H37F3N2O2. The number of benzene rings is 2. The third kappa shape index (κ3) is 5.58. The topological polar surface area (TPSA) is 43.8 Å². The quantitative estimate of drug-likeness (QED) is 0.496. The molecule has 5 rings (SSSR count). The molecule has 3 aliphatic rings. The van der Waals surface area contributed by atoms with E-state index < -0.39 is 11.8 Å². The second-order valence-corrected chi connectivity index (χ2v) is 11.3. The van der Waals surface area contributed by atoms with Gasteiger partial charge in [-0.25, -0.2) is 0 Å². The van der Waals surface area contributed by atoms with Gasteiger partial charge in [-0.1, -0.05) is 42.5 Å². The predicted octanol–water partition coefficient (Wildman–Crippen LogP) is 6.25. The van der Waals surface area contributed by atoms with Gasteiger partial charge < -0.3 is 14.9 Å². The van der Waals surface area contributed by atoms with E-state index >= 15 is 0 Å². The molecule has 2 aromatic rings. The van der Waals surface area contributed by atoms with Crippen molar-refractivity contribution < 1.29 is 23.1 Å². The molecule has 2 aliphatic carbocycles. The van der Waals surface area contributed by atoms with Gasteiger partial charge in [-0.2, -0.15) is 13.2 Å². The number of alkyl halides is 3. The Morgan fingerprint density at radius 1 is 0.838 bits per heavy atom. The second-order valence-electron chi connectivity index (χ2n) is 11.3. The van der Waals surface area contributed by atoms with E-state index in [2.05, 4.69) is 35.2 Å². The number of piperidine rings is 1. The molecule has 1 saturated heterocycles. The number of hydrogen-bond acceptors (Lipinski definition) is 3. The van der Waals surface area contributed by atoms with Crippen LogP contribution < -0.4 is 0 Å². The molecule has 0 radical (unpaired) electrons. The van der Waals surface area contributed by atoms with Crippen LogP contribution in [-0.4, -0.2) is 58.2 Å². The van der Waals surface area contributed by atoms with E-state index in [4.69, 9.17) is 0 Å². The zero-order chi connectivity index (χ0) is 26.2. The maximum absolute atomic E-state index is 13.5. The first-order valence-electron chi connectivity index (χ1n) is 13.7. The van der Waals surface area contributed by atoms with Crippen molar-refractivity contribution in [3.8, 4) is 0 Å². The molecule has 0 bridgehead atoms. The van der Waals surface area contributed by atoms with Crippen LogP contribution in [0.5, 0.6) is 0 Å². The summed E-state index contributed by atoms with van der Waals surface area (Å²) in [6.07, 6.45) is 3.91. The van der Waals surface area contributed by atoms with Crippen molar-refractivity contribution in [3.63, 3.8) is 0 Å². The molecule has 1 unspecified atom stereocenters. The molecule has 7 heteroatoms. The van der Waals surface area contributed by atoms with Crippen LogP contribution in [0.2, 0.25) is 0 Å². The fraction of sp³-hybridized carbons (Fsp3) is 0.567. The van der Waals surface area contributed by atoms with Gasteiger partial charge >= 0.3 is 6.18 Å². The number of hydrogen-bond donors (Lipinski definition) is 1. The summed E-state index contributed by atoms with van der Waals surface area (Å²) in [5.74, 6) is 0.548. The molecule has 1 aliphatic heterocycles. The molecule has 2 saturated carbocycles. The number of carbonyl (C=O) groups is 1. The molecule has 1 heterocycles. The summed E-state index contributed by atoms with van der Waals surface area (Å²) in [6.45, 7) is 2.70. The normalized spacial score (nSPS) is 25.4. The minimum absolute atomic E-state index is 0.109. The van der Waals surface area contributed by atoms with Gasteiger partial charge in [0, 0.05) is 36.8 Å². The Bertz CT molecular complexity index is 1050. The summed E-state index contributed by atoms with van der Waals surface area (Å²) >= 11 is 0. The van der Waals surface area contributed by atoms with Gasteiger partial charge in [-0.3, -0.25) is 4.79 Å². The smallest absolute Gasteiger partial charge is 0.376 e. The van der Waals surface area contributed by atoms with Crippen molar-refractivity contribution in [2.24, 2.45) is 0 Å². The van der Waals surface area contributed by atoms with Crippen LogP contribution in [0.15, 0.2) is 54.6 Å². The highest BCUT2D eigenvalue weighted by Gasteiger charge is 2.51. The molecular weight excluding hydrogens is 477 g/mol. The van der Waals surface area contributed by atoms with Crippen molar-refractivity contribution in [1.82, 2.24) is 9.80 Å². The number of rotatable bonds is 6. The summed E-state index contributed by atoms with van der Waals surface area (Å²) in [6, 6.07) is 17.1. The fourth-order valence-corrected chi connectivity index (χ4v) is 6.26. The van der Waals surface area contributed by atoms with Crippen LogP contribution in [-0.2, 0) is 5.60 Å². The van der Waals surface area contributed by atoms with E-state index in [-0.39, 0.29) is 23.6 Å². The Morgan fingerprint density at radius 3 is 1.95 bits per heavy atom. The zero-order valence-corrected chi connectivity index (χ0v) is 21.5. The molecule has 200 valence electrons. The Kier molecular flexibility index (Phi) is 7.38. The average Bonchev–Trinajstić information content (AvgIpc) is 3.74. The fourth-order valence-electron chi connectivity index (χ4n) is 6.26. The van der Waals surface area contributed by atoms with Gasteiger partial charge in [0.15, 0.2) is 5.60 Å². The largest absolute Gasteiger partial charge is 0.421 e. The summed E-state index contributed by atoms with van der Waals surface area (Å²) in [5.41, 5.74) is -1.37. The number of nitrogens with zero attached hydrogens (tertiary/aromatic N) is 2. The highest BCUT2D eigenvalue weighted by atomic mass is 19.4. The van der Waals surface area contributed by atoms with Gasteiger partial charge in [0.25, 0.3) is 5.91 Å². The summed E-state index contributed by atoms with van der Waals surface area (Å²) in [5, 5.41) is 9.94. The Labute approximate surface area is 217 Å². The Hall–Kier alpha value is -2.38. The highest BCUT2D eigenvalue weighted by Crippen LogP contribution is 2.40. The first-order valence-corrected chi connectivity index (χ1v) is 13.7. The minimum Gasteiger partial charge on any atom is -0.376 e. The molecule has 37 heavy (non-hydrogen) atoms. The lowest BCUT2D eigenvalue weighted by atomic mass is 9.81. The Balaban J connectivity index is 1.18. The zero-order valence-electron chi connectivity index (χ0n) is 21.5. The predicted molar refractivity (Wildman–Crippen MR) is 137 cm³/mol. The van der Waals surface area contributed by atoms with Crippen molar-refractivity contribution in [2.45, 2.75) is 94.1 Å². The number of amides is 1. The lowest BCUT2D eigenvalue weighted by Gasteiger charge is -2.43. The second kappa shape index (κ2) is 10.4. The van der Waals surface area contributed by atoms with E-state index in [1.54, 1.807) is 0 Å². The molecule has 4 nitrogen and oxygen atoms in total. The van der Waals surface area contributed by atoms with Crippen molar-refractivity contribution >= 4 is 5.91 Å². The van der Waals surface area contributed by atoms with Crippen molar-refractivity contribution in [3.05, 3.63) is 71.3 Å². The number of aliphatic hydroxyl groups is 1. The van der Waals surface area contributed by atoms with Gasteiger partial charge in [-0.05, 0) is 87.5 Å². The van der Waals surface area contributed by atoms with Crippen LogP contribution in [0.4, 0.5) is 13.2 Å². The monoisotopic (exact) mass is 514 g/mol. The molecule has 2 aromatic carbocycles. The third-order valence-electron chi connectivity index (χ3n) is 8.80. The maximum Gasteiger partial charge on any atom is 0.421 e. The van der Waals surface area contributed by atoms with Gasteiger partial charge in [0.05, 0.1) is 0 Å². The SMILES string of the molecule is CC(O)(c1ccc(C(=O)N(C2CC2)C2CCN(C3CCC(c4ccccc4)CC3)CC2)cc1)C(F)(F)F. The standard InChI is InChI=1S/C30H37F3N2O2/c1-29(37,30(31,32)33)24-11-7-23(8-12-24)28(36)35(26-15-16-26)27-17-19-34(20-18-27)25-13-9-22(10-14-25)21-5-3-2-4-6-21/h2-8,11-12,22,25-27,37H,9-10,13-20H2,1H3. The van der Waals surface area contributed by atoms with Crippen LogP contribution in [0.3, 0.4) is 0 Å². The molecule has 3 fully saturated rings. The van der Waals surface area contributed by atoms with Gasteiger partial charge in [-0.15, -0.1) is 0 Å². The van der Waals surface area contributed by atoms with E-state index in [1.807, 2.05) is 4.90 Å². The van der Waals surface area contributed by atoms with Gasteiger partial charge in [0.2, 0.25) is 0 Å². The lowest BCUT2D eigenvalue weighted by molar-refractivity contribution is -0.258. The number of likely N-dealkylation sites (tertiary alicyclic amines) is 1. The van der Waals surface area contributed by atoms with E-state index in [0.29, 0.717) is 17.5 Å². The first kappa shape index (κ1) is 26.2. The van der Waals surface area contributed by atoms with E-state index in [9.17, 15) is 23.1 Å². The highest BCUT2D eigenvalue weighted by molar-refractivity contribution is 5.95. The third-order valence-corrected chi connectivity index (χ3v) is 8.80. The molecule has 1 atom stereocenters. The molecule has 0 spiro atoms. The van der Waals surface area contributed by atoms with Crippen molar-refractivity contribution in [1.29, 1.82) is 0 Å². The average molecular weight is 515 g/mol. The van der Waals surface area contributed by atoms with Crippen LogP contribution in [0.25, 0.3) is 0 Å². The van der Waals surface area contributed by atoms with Crippen LogP contribution in [0.1, 0.15) is 85.7 Å². The van der Waals surface area contributed by atoms with E-state index in [0.717, 1.165) is 45.7 Å². The summed E-state index contributed by atoms with van der Waals surface area (Å²) < 4.78 is 39.6. The maximum atomic E-state index is 13.5. The van der Waals surface area contributed by atoms with Crippen LogP contribution in [0, 0.1) is 0 Å². The lowest BCUT2D eigenvalue weighted by Crippen LogP contribution is -2.51. The van der Waals surface area contributed by atoms with Crippen LogP contribution >= 0.6 is 0 Å². The Morgan fingerprint density at radius 2 is 1.41 bits per heavy atom.